The van der Waals surface area contributed by atoms with Crippen LogP contribution in [0.25, 0.3) is 0 Å². The molecule has 0 N–H and O–H groups in total. The molecule has 0 spiro atoms. The van der Waals surface area contributed by atoms with E-state index in [2.05, 4.69) is 6.92 Å². The zero-order valence-corrected chi connectivity index (χ0v) is 6.93. The molecule has 2 heteroatoms. The minimum Gasteiger partial charge on any atom is -0.127 e. The first-order valence-corrected chi connectivity index (χ1v) is 3.01. The standard InChI is InChI=1S/C5H11Cl.Rh/c1-2-3-4-5-6;/h2-5H2,1H3;. The topological polar surface area (TPSA) is 0 Å². The monoisotopic (exact) mass is 209 g/mol. The number of rotatable bonds is 3. The second kappa shape index (κ2) is 10.0. The van der Waals surface area contributed by atoms with Gasteiger partial charge in [-0.2, -0.15) is 0 Å². The van der Waals surface area contributed by atoms with Gasteiger partial charge in [-0.25, -0.2) is 0 Å². The molecular formula is C5H11ClRh. The predicted molar refractivity (Wildman–Crippen MR) is 30.2 cm³/mol. The maximum atomic E-state index is 5.38. The van der Waals surface area contributed by atoms with Crippen molar-refractivity contribution in [1.82, 2.24) is 0 Å². The molecule has 0 atom stereocenters. The van der Waals surface area contributed by atoms with E-state index in [1.54, 1.807) is 0 Å². The van der Waals surface area contributed by atoms with E-state index in [1.807, 2.05) is 0 Å². The molecule has 0 aromatic carbocycles. The Morgan fingerprint density at radius 3 is 2.00 bits per heavy atom. The summed E-state index contributed by atoms with van der Waals surface area (Å²) < 4.78 is 0. The van der Waals surface area contributed by atoms with Crippen LogP contribution in [0.15, 0.2) is 0 Å². The zero-order valence-electron chi connectivity index (χ0n) is 4.54. The van der Waals surface area contributed by atoms with E-state index >= 15 is 0 Å². The summed E-state index contributed by atoms with van der Waals surface area (Å²) in [7, 11) is 0. The number of alkyl halides is 1. The molecular weight excluding hydrogens is 198 g/mol. The summed E-state index contributed by atoms with van der Waals surface area (Å²) in [5.74, 6) is 0.827. The van der Waals surface area contributed by atoms with Crippen molar-refractivity contribution >= 4 is 11.6 Å². The first kappa shape index (κ1) is 10.8. The van der Waals surface area contributed by atoms with Gasteiger partial charge in [0.2, 0.25) is 0 Å². The van der Waals surface area contributed by atoms with Gasteiger partial charge in [0.1, 0.15) is 0 Å². The summed E-state index contributed by atoms with van der Waals surface area (Å²) in [6.45, 7) is 2.17. The van der Waals surface area contributed by atoms with Crippen LogP contribution in [0, 0.1) is 0 Å². The first-order chi connectivity index (χ1) is 2.91. The maximum absolute atomic E-state index is 5.38. The maximum Gasteiger partial charge on any atom is 0.0223 e. The van der Waals surface area contributed by atoms with Crippen LogP contribution in [0.3, 0.4) is 0 Å². The van der Waals surface area contributed by atoms with Crippen LogP contribution < -0.4 is 0 Å². The zero-order chi connectivity index (χ0) is 4.83. The van der Waals surface area contributed by atoms with E-state index in [0.29, 0.717) is 0 Å². The molecule has 0 aromatic rings. The Bertz CT molecular complexity index is 20.0. The van der Waals surface area contributed by atoms with Gasteiger partial charge in [0.25, 0.3) is 0 Å². The molecule has 0 nitrogen and oxygen atoms in total. The van der Waals surface area contributed by atoms with Crippen LogP contribution >= 0.6 is 11.6 Å². The van der Waals surface area contributed by atoms with Crippen molar-refractivity contribution < 1.29 is 19.5 Å². The Kier molecular flexibility index (Phi) is 15.5. The molecule has 0 fully saturated rings. The molecule has 0 aliphatic heterocycles. The van der Waals surface area contributed by atoms with E-state index in [4.69, 9.17) is 11.6 Å². The molecule has 0 unspecified atom stereocenters. The second-order valence-electron chi connectivity index (χ2n) is 1.40. The molecule has 0 amide bonds. The molecule has 0 saturated heterocycles. The van der Waals surface area contributed by atoms with Gasteiger partial charge in [-0.15, -0.1) is 11.6 Å². The minimum atomic E-state index is 0. The number of hydrogen-bond acceptors (Lipinski definition) is 0. The Labute approximate surface area is 63.4 Å². The summed E-state index contributed by atoms with van der Waals surface area (Å²) in [6, 6.07) is 0. The Hall–Kier alpha value is 0.913. The van der Waals surface area contributed by atoms with Crippen LogP contribution in [0.4, 0.5) is 0 Å². The molecule has 1 radical (unpaired) electrons. The average molecular weight is 210 g/mol. The summed E-state index contributed by atoms with van der Waals surface area (Å²) in [5.41, 5.74) is 0. The average Bonchev–Trinajstić information content (AvgIpc) is 1.61. The minimum absolute atomic E-state index is 0. The molecule has 47 valence electrons. The molecule has 0 saturated carbocycles. The van der Waals surface area contributed by atoms with Crippen molar-refractivity contribution in [3.63, 3.8) is 0 Å². The fourth-order valence-corrected chi connectivity index (χ4v) is 0.533. The number of halogens is 1. The summed E-state index contributed by atoms with van der Waals surface area (Å²) in [5, 5.41) is 0. The van der Waals surface area contributed by atoms with E-state index in [-0.39, 0.29) is 19.5 Å². The van der Waals surface area contributed by atoms with Crippen LogP contribution in [-0.4, -0.2) is 5.88 Å². The van der Waals surface area contributed by atoms with Gasteiger partial charge in [0.15, 0.2) is 0 Å². The summed E-state index contributed by atoms with van der Waals surface area (Å²) in [6.07, 6.45) is 3.73. The van der Waals surface area contributed by atoms with Gasteiger partial charge in [-0.05, 0) is 6.42 Å². The molecule has 0 heterocycles. The van der Waals surface area contributed by atoms with E-state index in [0.717, 1.165) is 5.88 Å². The third-order valence-corrected chi connectivity index (χ3v) is 1.00. The smallest absolute Gasteiger partial charge is 0.0223 e. The Morgan fingerprint density at radius 2 is 1.86 bits per heavy atom. The fourth-order valence-electron chi connectivity index (χ4n) is 0.344. The van der Waals surface area contributed by atoms with Gasteiger partial charge in [-0.1, -0.05) is 19.8 Å². The molecule has 0 aliphatic rings. The van der Waals surface area contributed by atoms with E-state index in [1.165, 1.54) is 19.3 Å². The molecule has 0 bridgehead atoms. The number of unbranched alkanes of at least 4 members (excludes halogenated alkanes) is 2. The van der Waals surface area contributed by atoms with Gasteiger partial charge in [0, 0.05) is 25.4 Å². The number of hydrogen-bond donors (Lipinski definition) is 0. The van der Waals surface area contributed by atoms with Gasteiger partial charge in [0.05, 0.1) is 0 Å². The molecule has 0 rings (SSSR count). The molecule has 0 aliphatic carbocycles. The van der Waals surface area contributed by atoms with Gasteiger partial charge in [-0.3, -0.25) is 0 Å². The van der Waals surface area contributed by atoms with Crippen LogP contribution in [-0.2, 0) is 19.5 Å². The summed E-state index contributed by atoms with van der Waals surface area (Å²) in [4.78, 5) is 0. The molecule has 0 aromatic heterocycles. The Balaban J connectivity index is 0. The van der Waals surface area contributed by atoms with Crippen molar-refractivity contribution in [1.29, 1.82) is 0 Å². The second-order valence-corrected chi connectivity index (χ2v) is 1.77. The Morgan fingerprint density at radius 1 is 1.29 bits per heavy atom. The van der Waals surface area contributed by atoms with Crippen molar-refractivity contribution in [3.05, 3.63) is 0 Å². The van der Waals surface area contributed by atoms with Crippen LogP contribution in [0.5, 0.6) is 0 Å². The fraction of sp³-hybridized carbons (Fsp3) is 1.00. The van der Waals surface area contributed by atoms with Gasteiger partial charge < -0.3 is 0 Å². The SMILES string of the molecule is CCCCCCl.[Rh]. The third-order valence-electron chi connectivity index (χ3n) is 0.737. The van der Waals surface area contributed by atoms with Crippen molar-refractivity contribution in [2.45, 2.75) is 26.2 Å². The summed E-state index contributed by atoms with van der Waals surface area (Å²) >= 11 is 5.38. The van der Waals surface area contributed by atoms with Crippen LogP contribution in [0.2, 0.25) is 0 Å². The first-order valence-electron chi connectivity index (χ1n) is 2.47. The van der Waals surface area contributed by atoms with Gasteiger partial charge >= 0.3 is 0 Å². The quantitative estimate of drug-likeness (QED) is 0.380. The largest absolute Gasteiger partial charge is 0.127 e. The third kappa shape index (κ3) is 10.9. The van der Waals surface area contributed by atoms with E-state index < -0.39 is 0 Å². The predicted octanol–water partition coefficient (Wildman–Crippen LogP) is 2.41. The van der Waals surface area contributed by atoms with E-state index in [9.17, 15) is 0 Å². The molecule has 7 heavy (non-hydrogen) atoms. The van der Waals surface area contributed by atoms with Crippen molar-refractivity contribution in [3.8, 4) is 0 Å². The van der Waals surface area contributed by atoms with Crippen molar-refractivity contribution in [2.75, 3.05) is 5.88 Å². The van der Waals surface area contributed by atoms with Crippen LogP contribution in [0.1, 0.15) is 26.2 Å². The normalized spacial score (nSPS) is 7.71. The van der Waals surface area contributed by atoms with Crippen molar-refractivity contribution in [2.24, 2.45) is 0 Å².